The highest BCUT2D eigenvalue weighted by molar-refractivity contribution is 9.11. The molecule has 0 saturated heterocycles. The van der Waals surface area contributed by atoms with E-state index in [4.69, 9.17) is 10.00 Å². The second-order valence-corrected chi connectivity index (χ2v) is 7.06. The number of nitrogens with zero attached hydrogens (tertiary/aromatic N) is 2. The predicted octanol–water partition coefficient (Wildman–Crippen LogP) is 3.81. The molecule has 0 unspecified atom stereocenters. The lowest BCUT2D eigenvalue weighted by Gasteiger charge is -2.20. The molecule has 1 aromatic carbocycles. The average molecular weight is 379 g/mol. The van der Waals surface area contributed by atoms with E-state index < -0.39 is 0 Å². The number of hydrogen-bond donors (Lipinski definition) is 0. The van der Waals surface area contributed by atoms with Crippen molar-refractivity contribution in [3.8, 4) is 11.8 Å². The molecule has 114 valence electrons. The Kier molecular flexibility index (Phi) is 5.99. The summed E-state index contributed by atoms with van der Waals surface area (Å²) in [5.74, 6) is 0.341. The van der Waals surface area contributed by atoms with E-state index in [2.05, 4.69) is 22.0 Å². The van der Waals surface area contributed by atoms with E-state index in [1.807, 2.05) is 19.1 Å². The van der Waals surface area contributed by atoms with Crippen LogP contribution in [0.25, 0.3) is 0 Å². The van der Waals surface area contributed by atoms with Gasteiger partial charge < -0.3 is 9.64 Å². The van der Waals surface area contributed by atoms with Crippen LogP contribution < -0.4 is 4.74 Å². The van der Waals surface area contributed by atoms with Crippen molar-refractivity contribution in [1.82, 2.24) is 4.90 Å². The van der Waals surface area contributed by atoms with Crippen LogP contribution in [0.15, 0.2) is 40.2 Å². The molecule has 0 atom stereocenters. The van der Waals surface area contributed by atoms with Crippen LogP contribution in [0.1, 0.15) is 17.4 Å². The molecule has 2 rings (SSSR count). The number of ether oxygens (including phenoxy) is 1. The fourth-order valence-corrected chi connectivity index (χ4v) is 3.42. The third-order valence-corrected chi connectivity index (χ3v) is 4.68. The summed E-state index contributed by atoms with van der Waals surface area (Å²) in [6.07, 6.45) is 0. The zero-order valence-electron chi connectivity index (χ0n) is 12.1. The molecule has 0 radical (unpaired) electrons. The number of thiophene rings is 1. The van der Waals surface area contributed by atoms with Gasteiger partial charge in [0, 0.05) is 11.4 Å². The highest BCUT2D eigenvalue weighted by Gasteiger charge is 2.14. The molecule has 22 heavy (non-hydrogen) atoms. The summed E-state index contributed by atoms with van der Waals surface area (Å²) in [6.45, 7) is 3.04. The Bertz CT molecular complexity index is 693. The van der Waals surface area contributed by atoms with Gasteiger partial charge in [0.25, 0.3) is 5.91 Å². The maximum absolute atomic E-state index is 12.3. The summed E-state index contributed by atoms with van der Waals surface area (Å²) in [4.78, 5) is 15.1. The normalized spacial score (nSPS) is 10.0. The minimum absolute atomic E-state index is 0.0704. The highest BCUT2D eigenvalue weighted by Crippen LogP contribution is 2.23. The summed E-state index contributed by atoms with van der Waals surface area (Å²) in [5.41, 5.74) is 0.431. The summed E-state index contributed by atoms with van der Waals surface area (Å²) in [5, 5.41) is 9.01. The van der Waals surface area contributed by atoms with Crippen molar-refractivity contribution in [3.05, 3.63) is 50.6 Å². The smallest absolute Gasteiger partial charge is 0.260 e. The molecule has 1 amide bonds. The quantitative estimate of drug-likeness (QED) is 0.767. The number of halogens is 1. The maximum atomic E-state index is 12.3. The number of amides is 1. The van der Waals surface area contributed by atoms with Crippen LogP contribution in [0.5, 0.6) is 5.75 Å². The first-order chi connectivity index (χ1) is 10.6. The molecular formula is C16H15BrN2O2S. The predicted molar refractivity (Wildman–Crippen MR) is 89.8 cm³/mol. The molecule has 6 heteroatoms. The molecule has 0 aliphatic carbocycles. The van der Waals surface area contributed by atoms with Gasteiger partial charge in [-0.1, -0.05) is 12.1 Å². The van der Waals surface area contributed by atoms with Crippen LogP contribution in [0, 0.1) is 11.3 Å². The monoisotopic (exact) mass is 378 g/mol. The average Bonchev–Trinajstić information content (AvgIpc) is 2.95. The number of likely N-dealkylation sites (N-methyl/N-ethyl adjacent to an activating group) is 1. The summed E-state index contributed by atoms with van der Waals surface area (Å²) in [6, 6.07) is 12.9. The Balaban J connectivity index is 1.96. The number of hydrogen-bond acceptors (Lipinski definition) is 4. The first-order valence-corrected chi connectivity index (χ1v) is 8.39. The molecule has 0 bridgehead atoms. The molecule has 0 aliphatic rings. The molecule has 0 N–H and O–H groups in total. The molecule has 0 fully saturated rings. The summed E-state index contributed by atoms with van der Waals surface area (Å²) < 4.78 is 6.54. The van der Waals surface area contributed by atoms with Gasteiger partial charge in [-0.2, -0.15) is 5.26 Å². The van der Waals surface area contributed by atoms with Gasteiger partial charge in [0.05, 0.1) is 15.9 Å². The largest absolute Gasteiger partial charge is 0.482 e. The van der Waals surface area contributed by atoms with E-state index in [-0.39, 0.29) is 12.5 Å². The molecule has 0 aliphatic heterocycles. The third-order valence-electron chi connectivity index (χ3n) is 3.07. The first kappa shape index (κ1) is 16.5. The highest BCUT2D eigenvalue weighted by atomic mass is 79.9. The van der Waals surface area contributed by atoms with Gasteiger partial charge in [-0.25, -0.2) is 0 Å². The number of para-hydroxylation sites is 1. The van der Waals surface area contributed by atoms with Gasteiger partial charge in [0.1, 0.15) is 11.8 Å². The minimum Gasteiger partial charge on any atom is -0.482 e. The molecule has 1 heterocycles. The van der Waals surface area contributed by atoms with Crippen molar-refractivity contribution < 1.29 is 9.53 Å². The summed E-state index contributed by atoms with van der Waals surface area (Å²) in [7, 11) is 0. The lowest BCUT2D eigenvalue weighted by molar-refractivity contribution is -0.133. The van der Waals surface area contributed by atoms with Gasteiger partial charge >= 0.3 is 0 Å². The van der Waals surface area contributed by atoms with Crippen LogP contribution >= 0.6 is 27.3 Å². The van der Waals surface area contributed by atoms with Gasteiger partial charge in [0.2, 0.25) is 0 Å². The molecular weight excluding hydrogens is 364 g/mol. The van der Waals surface area contributed by atoms with E-state index in [1.54, 1.807) is 40.5 Å². The lowest BCUT2D eigenvalue weighted by Crippen LogP contribution is -2.34. The Morgan fingerprint density at radius 2 is 2.14 bits per heavy atom. The van der Waals surface area contributed by atoms with Crippen molar-refractivity contribution in [2.75, 3.05) is 13.2 Å². The number of carbonyl (C=O) groups is 1. The van der Waals surface area contributed by atoms with E-state index in [0.717, 1.165) is 8.66 Å². The fraction of sp³-hybridized carbons (Fsp3) is 0.250. The number of rotatable bonds is 6. The standard InChI is InChI=1S/C16H15BrN2O2S/c1-2-19(10-13-7-8-15(17)22-13)16(20)11-21-14-6-4-3-5-12(14)9-18/h3-8H,2,10-11H2,1H3. The number of nitriles is 1. The maximum Gasteiger partial charge on any atom is 0.260 e. The zero-order chi connectivity index (χ0) is 15.9. The lowest BCUT2D eigenvalue weighted by atomic mass is 10.2. The van der Waals surface area contributed by atoms with Crippen LogP contribution in [-0.4, -0.2) is 24.0 Å². The molecule has 0 saturated carbocycles. The molecule has 0 spiro atoms. The molecule has 2 aromatic rings. The topological polar surface area (TPSA) is 53.3 Å². The second-order valence-electron chi connectivity index (χ2n) is 4.51. The summed E-state index contributed by atoms with van der Waals surface area (Å²) >= 11 is 5.03. The van der Waals surface area contributed by atoms with Crippen LogP contribution in [0.3, 0.4) is 0 Å². The van der Waals surface area contributed by atoms with E-state index in [1.165, 1.54) is 0 Å². The van der Waals surface area contributed by atoms with E-state index in [0.29, 0.717) is 24.4 Å². The molecule has 4 nitrogen and oxygen atoms in total. The Morgan fingerprint density at radius 1 is 1.36 bits per heavy atom. The third kappa shape index (κ3) is 4.33. The van der Waals surface area contributed by atoms with Gasteiger partial charge in [-0.05, 0) is 47.1 Å². The van der Waals surface area contributed by atoms with E-state index in [9.17, 15) is 4.79 Å². The zero-order valence-corrected chi connectivity index (χ0v) is 14.5. The van der Waals surface area contributed by atoms with Crippen molar-refractivity contribution in [2.45, 2.75) is 13.5 Å². The van der Waals surface area contributed by atoms with Gasteiger partial charge in [0.15, 0.2) is 6.61 Å². The second kappa shape index (κ2) is 7.97. The van der Waals surface area contributed by atoms with Crippen molar-refractivity contribution in [2.24, 2.45) is 0 Å². The van der Waals surface area contributed by atoms with Gasteiger partial charge in [-0.3, -0.25) is 4.79 Å². The van der Waals surface area contributed by atoms with Crippen LogP contribution in [0.2, 0.25) is 0 Å². The van der Waals surface area contributed by atoms with Crippen LogP contribution in [0.4, 0.5) is 0 Å². The number of carbonyl (C=O) groups excluding carboxylic acids is 1. The van der Waals surface area contributed by atoms with Crippen LogP contribution in [-0.2, 0) is 11.3 Å². The Hall–Kier alpha value is -1.84. The van der Waals surface area contributed by atoms with Crippen molar-refractivity contribution in [1.29, 1.82) is 5.26 Å². The van der Waals surface area contributed by atoms with Gasteiger partial charge in [-0.15, -0.1) is 11.3 Å². The SMILES string of the molecule is CCN(Cc1ccc(Br)s1)C(=O)COc1ccccc1C#N. The number of benzene rings is 1. The van der Waals surface area contributed by atoms with Crippen molar-refractivity contribution >= 4 is 33.2 Å². The van der Waals surface area contributed by atoms with Crippen molar-refractivity contribution in [3.63, 3.8) is 0 Å². The Labute approximate surface area is 142 Å². The minimum atomic E-state index is -0.0974. The van der Waals surface area contributed by atoms with E-state index >= 15 is 0 Å². The Morgan fingerprint density at radius 3 is 2.77 bits per heavy atom. The molecule has 1 aromatic heterocycles. The first-order valence-electron chi connectivity index (χ1n) is 6.78. The fourth-order valence-electron chi connectivity index (χ4n) is 1.92.